The van der Waals surface area contributed by atoms with Crippen molar-refractivity contribution in [3.05, 3.63) is 24.3 Å². The Morgan fingerprint density at radius 1 is 1.28 bits per heavy atom. The molecule has 136 valence electrons. The van der Waals surface area contributed by atoms with Crippen molar-refractivity contribution in [3.63, 3.8) is 0 Å². The summed E-state index contributed by atoms with van der Waals surface area (Å²) in [5.41, 5.74) is 0.435. The lowest BCUT2D eigenvalue weighted by atomic mass is 10.0. The normalized spacial score (nSPS) is 30.2. The van der Waals surface area contributed by atoms with Crippen molar-refractivity contribution in [3.8, 4) is 0 Å². The van der Waals surface area contributed by atoms with Gasteiger partial charge in [0, 0.05) is 26.0 Å². The third kappa shape index (κ3) is 3.68. The minimum absolute atomic E-state index is 0.0284. The van der Waals surface area contributed by atoms with E-state index in [1.807, 2.05) is 4.90 Å². The first-order valence-corrected chi connectivity index (χ1v) is 9.21. The van der Waals surface area contributed by atoms with Crippen molar-refractivity contribution in [2.24, 2.45) is 5.92 Å². The smallest absolute Gasteiger partial charge is 0.273 e. The lowest BCUT2D eigenvalue weighted by Crippen LogP contribution is -2.44. The molecule has 0 aliphatic carbocycles. The molecule has 3 atom stereocenters. The molecule has 3 aliphatic rings. The number of fused-ring (bicyclic) bond motifs is 1. The quantitative estimate of drug-likeness (QED) is 0.817. The molecule has 1 amide bonds. The molecule has 4 heterocycles. The molecule has 0 unspecified atom stereocenters. The number of carbonyl (C=O) groups excluding carboxylic acids is 1. The van der Waals surface area contributed by atoms with Gasteiger partial charge in [0.15, 0.2) is 0 Å². The molecule has 4 rings (SSSR count). The largest absolute Gasteiger partial charge is 0.381 e. The molecule has 0 aromatic carbocycles. The molecule has 3 fully saturated rings. The number of aromatic nitrogens is 2. The number of likely N-dealkylation sites (tertiary alicyclic amines) is 1. The lowest BCUT2D eigenvalue weighted by molar-refractivity contribution is -0.0886. The Labute approximate surface area is 147 Å². The van der Waals surface area contributed by atoms with Crippen LogP contribution in [0.3, 0.4) is 0 Å². The van der Waals surface area contributed by atoms with Crippen LogP contribution in [0.5, 0.6) is 0 Å². The minimum atomic E-state index is -0.0565. The number of hydrogen-bond donors (Lipinski definition) is 0. The minimum Gasteiger partial charge on any atom is -0.381 e. The highest BCUT2D eigenvalue weighted by molar-refractivity contribution is 5.92. The van der Waals surface area contributed by atoms with Crippen LogP contribution in [0.15, 0.2) is 18.6 Å². The highest BCUT2D eigenvalue weighted by Crippen LogP contribution is 2.32. The van der Waals surface area contributed by atoms with Gasteiger partial charge < -0.3 is 19.1 Å². The Balaban J connectivity index is 1.43. The summed E-state index contributed by atoms with van der Waals surface area (Å²) in [5.74, 6) is 0.488. The second-order valence-corrected chi connectivity index (χ2v) is 7.02. The highest BCUT2D eigenvalue weighted by atomic mass is 16.5. The number of hydrogen-bond acceptors (Lipinski definition) is 6. The van der Waals surface area contributed by atoms with Crippen molar-refractivity contribution < 1.29 is 19.0 Å². The number of rotatable bonds is 4. The fourth-order valence-electron chi connectivity index (χ4n) is 4.03. The zero-order chi connectivity index (χ0) is 17.1. The van der Waals surface area contributed by atoms with Gasteiger partial charge in [-0.2, -0.15) is 0 Å². The Kier molecular flexibility index (Phi) is 5.24. The van der Waals surface area contributed by atoms with Crippen LogP contribution in [-0.2, 0) is 14.2 Å². The van der Waals surface area contributed by atoms with Gasteiger partial charge in [0.05, 0.1) is 19.2 Å². The molecule has 3 aliphatic heterocycles. The molecule has 1 aromatic rings. The average Bonchev–Trinajstić information content (AvgIpc) is 3.06. The number of carbonyl (C=O) groups is 1. The zero-order valence-corrected chi connectivity index (χ0v) is 14.4. The van der Waals surface area contributed by atoms with E-state index in [1.54, 1.807) is 12.3 Å². The predicted molar refractivity (Wildman–Crippen MR) is 89.1 cm³/mol. The van der Waals surface area contributed by atoms with Gasteiger partial charge in [-0.1, -0.05) is 0 Å². The van der Waals surface area contributed by atoms with E-state index in [0.29, 0.717) is 18.2 Å². The van der Waals surface area contributed by atoms with E-state index < -0.39 is 0 Å². The molecule has 7 heteroatoms. The van der Waals surface area contributed by atoms with Gasteiger partial charge in [0.25, 0.3) is 5.91 Å². The van der Waals surface area contributed by atoms with Crippen LogP contribution in [-0.4, -0.2) is 72.0 Å². The van der Waals surface area contributed by atoms with Crippen molar-refractivity contribution in [1.29, 1.82) is 0 Å². The van der Waals surface area contributed by atoms with Crippen LogP contribution in [0.4, 0.5) is 0 Å². The van der Waals surface area contributed by atoms with Crippen LogP contribution in [0.2, 0.25) is 0 Å². The highest BCUT2D eigenvalue weighted by Gasteiger charge is 2.47. The third-order valence-electron chi connectivity index (χ3n) is 5.43. The molecule has 0 bridgehead atoms. The topological polar surface area (TPSA) is 73.8 Å². The second-order valence-electron chi connectivity index (χ2n) is 7.02. The van der Waals surface area contributed by atoms with E-state index in [1.165, 1.54) is 6.33 Å². The van der Waals surface area contributed by atoms with Gasteiger partial charge in [-0.25, -0.2) is 9.97 Å². The molecule has 0 radical (unpaired) electrons. The van der Waals surface area contributed by atoms with Crippen molar-refractivity contribution in [1.82, 2.24) is 14.9 Å². The van der Waals surface area contributed by atoms with E-state index >= 15 is 0 Å². The van der Waals surface area contributed by atoms with E-state index in [4.69, 9.17) is 14.2 Å². The maximum atomic E-state index is 12.9. The summed E-state index contributed by atoms with van der Waals surface area (Å²) in [7, 11) is 0. The van der Waals surface area contributed by atoms with Gasteiger partial charge >= 0.3 is 0 Å². The monoisotopic (exact) mass is 347 g/mol. The summed E-state index contributed by atoms with van der Waals surface area (Å²) < 4.78 is 17.6. The van der Waals surface area contributed by atoms with Crippen LogP contribution in [0.25, 0.3) is 0 Å². The summed E-state index contributed by atoms with van der Waals surface area (Å²) in [4.78, 5) is 22.7. The first-order valence-electron chi connectivity index (χ1n) is 9.21. The fraction of sp³-hybridized carbons (Fsp3) is 0.722. The van der Waals surface area contributed by atoms with E-state index in [9.17, 15) is 4.79 Å². The lowest BCUT2D eigenvalue weighted by Gasteiger charge is -2.32. The van der Waals surface area contributed by atoms with Gasteiger partial charge in [-0.3, -0.25) is 4.79 Å². The van der Waals surface area contributed by atoms with Crippen molar-refractivity contribution in [2.45, 2.75) is 43.9 Å². The molecular weight excluding hydrogens is 322 g/mol. The molecule has 25 heavy (non-hydrogen) atoms. The maximum absolute atomic E-state index is 12.9. The summed E-state index contributed by atoms with van der Waals surface area (Å²) in [6.45, 7) is 3.67. The average molecular weight is 347 g/mol. The van der Waals surface area contributed by atoms with Crippen LogP contribution in [0, 0.1) is 5.92 Å². The maximum Gasteiger partial charge on any atom is 0.273 e. The summed E-state index contributed by atoms with van der Waals surface area (Å²) >= 11 is 0. The molecule has 0 N–H and O–H groups in total. The first kappa shape index (κ1) is 16.9. The number of nitrogens with zero attached hydrogens (tertiary/aromatic N) is 3. The Morgan fingerprint density at radius 3 is 2.96 bits per heavy atom. The molecule has 0 spiro atoms. The van der Waals surface area contributed by atoms with Crippen molar-refractivity contribution >= 4 is 5.91 Å². The summed E-state index contributed by atoms with van der Waals surface area (Å²) in [6, 6.07) is 1.74. The molecule has 0 saturated carbocycles. The Hall–Kier alpha value is -1.57. The van der Waals surface area contributed by atoms with Crippen LogP contribution >= 0.6 is 0 Å². The SMILES string of the molecule is O=C(c1ccncn1)N1C[C@H](OCC2CCOCC2)[C@H]2OCCC[C@H]21. The van der Waals surface area contributed by atoms with Gasteiger partial charge in [-0.15, -0.1) is 0 Å². The number of ether oxygens (including phenoxy) is 3. The number of amides is 1. The molecule has 3 saturated heterocycles. The van der Waals surface area contributed by atoms with Gasteiger partial charge in [-0.05, 0) is 37.7 Å². The molecule has 7 nitrogen and oxygen atoms in total. The first-order chi connectivity index (χ1) is 12.3. The van der Waals surface area contributed by atoms with E-state index in [2.05, 4.69) is 9.97 Å². The fourth-order valence-corrected chi connectivity index (χ4v) is 4.03. The van der Waals surface area contributed by atoms with Gasteiger partial charge in [0.2, 0.25) is 0 Å². The van der Waals surface area contributed by atoms with Crippen LogP contribution in [0.1, 0.15) is 36.2 Å². The van der Waals surface area contributed by atoms with E-state index in [0.717, 1.165) is 52.1 Å². The third-order valence-corrected chi connectivity index (χ3v) is 5.43. The predicted octanol–water partition coefficient (Wildman–Crippen LogP) is 1.29. The van der Waals surface area contributed by atoms with Crippen molar-refractivity contribution in [2.75, 3.05) is 33.0 Å². The molecule has 1 aromatic heterocycles. The van der Waals surface area contributed by atoms with Crippen LogP contribution < -0.4 is 0 Å². The second kappa shape index (κ2) is 7.76. The van der Waals surface area contributed by atoms with E-state index in [-0.39, 0.29) is 24.2 Å². The Morgan fingerprint density at radius 2 is 2.16 bits per heavy atom. The standard InChI is InChI=1S/C18H25N3O4/c22-18(14-3-6-19-12-20-14)21-10-16(17-15(21)2-1-7-24-17)25-11-13-4-8-23-9-5-13/h3,6,12-13,15-17H,1-2,4-5,7-11H2/t15-,16+,17+/m1/s1. The Bertz CT molecular complexity index is 579. The zero-order valence-electron chi connectivity index (χ0n) is 14.4. The van der Waals surface area contributed by atoms with Gasteiger partial charge in [0.1, 0.15) is 24.2 Å². The summed E-state index contributed by atoms with van der Waals surface area (Å²) in [6.07, 6.45) is 6.95. The molecular formula is C18H25N3O4. The summed E-state index contributed by atoms with van der Waals surface area (Å²) in [5, 5.41) is 0.